The Morgan fingerprint density at radius 2 is 1.95 bits per heavy atom. The van der Waals surface area contributed by atoms with Gasteiger partial charge < -0.3 is 20.1 Å². The first-order valence-electron chi connectivity index (χ1n) is 8.32. The van der Waals surface area contributed by atoms with E-state index in [-0.39, 0.29) is 17.8 Å². The molecule has 2 fully saturated rings. The van der Waals surface area contributed by atoms with E-state index >= 15 is 0 Å². The molecule has 0 aromatic heterocycles. The Bertz CT molecular complexity index is 329. The molecule has 0 spiro atoms. The fraction of sp³-hybridized carbons (Fsp3) is 0.938. The third-order valence-electron chi connectivity index (χ3n) is 4.98. The largest absolute Gasteiger partial charge is 0.385 e. The van der Waals surface area contributed by atoms with Gasteiger partial charge in [-0.25, -0.2) is 0 Å². The summed E-state index contributed by atoms with van der Waals surface area (Å²) in [6, 6.07) is 0. The molecule has 2 N–H and O–H groups in total. The number of nitrogens with two attached hydrogens (primary N) is 1. The van der Waals surface area contributed by atoms with Crippen molar-refractivity contribution < 1.29 is 14.3 Å². The second-order valence-corrected chi connectivity index (χ2v) is 6.38. The topological polar surface area (TPSA) is 64.8 Å². The van der Waals surface area contributed by atoms with E-state index in [1.807, 2.05) is 0 Å². The van der Waals surface area contributed by atoms with Crippen LogP contribution in [0, 0.1) is 5.41 Å². The minimum absolute atomic E-state index is 0. The minimum Gasteiger partial charge on any atom is -0.385 e. The molecule has 1 saturated heterocycles. The van der Waals surface area contributed by atoms with Crippen LogP contribution in [0.1, 0.15) is 44.9 Å². The lowest BCUT2D eigenvalue weighted by Crippen LogP contribution is -2.51. The van der Waals surface area contributed by atoms with Crippen molar-refractivity contribution in [3.8, 4) is 0 Å². The Morgan fingerprint density at radius 1 is 1.27 bits per heavy atom. The smallest absolute Gasteiger partial charge is 0.228 e. The molecule has 5 nitrogen and oxygen atoms in total. The lowest BCUT2D eigenvalue weighted by atomic mass is 9.65. The van der Waals surface area contributed by atoms with Gasteiger partial charge in [-0.15, -0.1) is 12.4 Å². The second kappa shape index (κ2) is 9.71. The summed E-state index contributed by atoms with van der Waals surface area (Å²) >= 11 is 0. The molecule has 130 valence electrons. The van der Waals surface area contributed by atoms with Crippen LogP contribution >= 0.6 is 12.4 Å². The highest BCUT2D eigenvalue weighted by Gasteiger charge is 2.46. The van der Waals surface area contributed by atoms with Crippen LogP contribution < -0.4 is 5.73 Å². The fourth-order valence-electron chi connectivity index (χ4n) is 3.37. The van der Waals surface area contributed by atoms with Crippen molar-refractivity contribution in [3.05, 3.63) is 0 Å². The second-order valence-electron chi connectivity index (χ2n) is 6.38. The molecular formula is C16H31ClN2O3. The van der Waals surface area contributed by atoms with Gasteiger partial charge in [0.15, 0.2) is 0 Å². The highest BCUT2D eigenvalue weighted by molar-refractivity contribution is 5.85. The number of carbonyl (C=O) groups is 1. The Kier molecular flexibility index (Phi) is 8.69. The Morgan fingerprint density at radius 3 is 2.45 bits per heavy atom. The van der Waals surface area contributed by atoms with Gasteiger partial charge >= 0.3 is 0 Å². The van der Waals surface area contributed by atoms with E-state index in [4.69, 9.17) is 15.2 Å². The maximum Gasteiger partial charge on any atom is 0.228 e. The zero-order chi connectivity index (χ0) is 15.1. The summed E-state index contributed by atoms with van der Waals surface area (Å²) in [6.45, 7) is 3.78. The van der Waals surface area contributed by atoms with Crippen LogP contribution in [-0.4, -0.2) is 56.9 Å². The molecule has 1 aliphatic heterocycles. The SMILES string of the molecule is COCCC1(C(=O)N2CCC(OCCCN)CC2)CCC1.Cl. The molecule has 0 atom stereocenters. The first kappa shape index (κ1) is 19.7. The van der Waals surface area contributed by atoms with Gasteiger partial charge in [-0.05, 0) is 45.1 Å². The zero-order valence-corrected chi connectivity index (χ0v) is 14.5. The third kappa shape index (κ3) is 4.82. The van der Waals surface area contributed by atoms with Crippen LogP contribution in [0.15, 0.2) is 0 Å². The Labute approximate surface area is 140 Å². The number of hydrogen-bond acceptors (Lipinski definition) is 4. The standard InChI is InChI=1S/C16H30N2O3.ClH/c1-20-13-8-16(6-2-7-16)15(19)18-10-4-14(5-11-18)21-12-3-9-17;/h14H,2-13,17H2,1H3;1H. The van der Waals surface area contributed by atoms with Crippen molar-refractivity contribution >= 4 is 18.3 Å². The van der Waals surface area contributed by atoms with E-state index in [0.717, 1.165) is 58.2 Å². The predicted octanol–water partition coefficient (Wildman–Crippen LogP) is 1.97. The zero-order valence-electron chi connectivity index (χ0n) is 13.7. The van der Waals surface area contributed by atoms with E-state index in [9.17, 15) is 4.79 Å². The van der Waals surface area contributed by atoms with Gasteiger partial charge in [-0.2, -0.15) is 0 Å². The maximum absolute atomic E-state index is 12.8. The summed E-state index contributed by atoms with van der Waals surface area (Å²) in [5.41, 5.74) is 5.35. The molecule has 1 heterocycles. The predicted molar refractivity (Wildman–Crippen MR) is 89.3 cm³/mol. The van der Waals surface area contributed by atoms with E-state index in [1.165, 1.54) is 6.42 Å². The van der Waals surface area contributed by atoms with Crippen molar-refractivity contribution in [1.82, 2.24) is 4.90 Å². The summed E-state index contributed by atoms with van der Waals surface area (Å²) in [5, 5.41) is 0. The van der Waals surface area contributed by atoms with Crippen LogP contribution in [-0.2, 0) is 14.3 Å². The Hall–Kier alpha value is -0.360. The summed E-state index contributed by atoms with van der Waals surface area (Å²) in [7, 11) is 1.71. The lowest BCUT2D eigenvalue weighted by molar-refractivity contribution is -0.151. The normalized spacial score (nSPS) is 21.1. The molecule has 0 unspecified atom stereocenters. The molecule has 1 amide bonds. The van der Waals surface area contributed by atoms with Gasteiger partial charge in [-0.3, -0.25) is 4.79 Å². The number of methoxy groups -OCH3 is 1. The molecule has 6 heteroatoms. The molecule has 0 radical (unpaired) electrons. The number of nitrogens with zero attached hydrogens (tertiary/aromatic N) is 1. The van der Waals surface area contributed by atoms with Crippen molar-refractivity contribution in [2.45, 2.75) is 51.0 Å². The number of hydrogen-bond donors (Lipinski definition) is 1. The highest BCUT2D eigenvalue weighted by Crippen LogP contribution is 2.45. The van der Waals surface area contributed by atoms with Crippen molar-refractivity contribution in [3.63, 3.8) is 0 Å². The number of carbonyl (C=O) groups excluding carboxylic acids is 1. The van der Waals surface area contributed by atoms with Crippen molar-refractivity contribution in [2.75, 3.05) is 40.0 Å². The van der Waals surface area contributed by atoms with E-state index in [2.05, 4.69) is 4.90 Å². The summed E-state index contributed by atoms with van der Waals surface area (Å²) < 4.78 is 11.0. The monoisotopic (exact) mass is 334 g/mol. The molecule has 0 aromatic carbocycles. The van der Waals surface area contributed by atoms with E-state index in [0.29, 0.717) is 25.2 Å². The van der Waals surface area contributed by atoms with Crippen LogP contribution in [0.3, 0.4) is 0 Å². The number of rotatable bonds is 8. The van der Waals surface area contributed by atoms with Crippen molar-refractivity contribution in [2.24, 2.45) is 11.1 Å². The Balaban J connectivity index is 0.00000242. The number of ether oxygens (including phenoxy) is 2. The van der Waals surface area contributed by atoms with Gasteiger partial charge in [-0.1, -0.05) is 6.42 Å². The van der Waals surface area contributed by atoms with Gasteiger partial charge in [0.2, 0.25) is 5.91 Å². The molecule has 22 heavy (non-hydrogen) atoms. The maximum atomic E-state index is 12.8. The minimum atomic E-state index is -0.122. The number of piperidine rings is 1. The van der Waals surface area contributed by atoms with Crippen LogP contribution in [0.4, 0.5) is 0 Å². The van der Waals surface area contributed by atoms with Crippen LogP contribution in [0.25, 0.3) is 0 Å². The first-order chi connectivity index (χ1) is 10.2. The summed E-state index contributed by atoms with van der Waals surface area (Å²) in [5.74, 6) is 0.353. The quantitative estimate of drug-likeness (QED) is 0.689. The average molecular weight is 335 g/mol. The molecular weight excluding hydrogens is 304 g/mol. The fourth-order valence-corrected chi connectivity index (χ4v) is 3.37. The first-order valence-corrected chi connectivity index (χ1v) is 8.32. The lowest BCUT2D eigenvalue weighted by Gasteiger charge is -2.45. The van der Waals surface area contributed by atoms with Crippen LogP contribution in [0.5, 0.6) is 0 Å². The molecule has 0 aromatic rings. The van der Waals surface area contributed by atoms with Crippen LogP contribution in [0.2, 0.25) is 0 Å². The van der Waals surface area contributed by atoms with Gasteiger partial charge in [0.1, 0.15) is 0 Å². The van der Waals surface area contributed by atoms with Gasteiger partial charge in [0, 0.05) is 33.4 Å². The average Bonchev–Trinajstić information content (AvgIpc) is 2.47. The molecule has 2 aliphatic rings. The number of halogens is 1. The molecule has 1 aliphatic carbocycles. The number of amides is 1. The van der Waals surface area contributed by atoms with Gasteiger partial charge in [0.05, 0.1) is 11.5 Å². The molecule has 0 bridgehead atoms. The summed E-state index contributed by atoms with van der Waals surface area (Å²) in [4.78, 5) is 14.8. The van der Waals surface area contributed by atoms with E-state index < -0.39 is 0 Å². The highest BCUT2D eigenvalue weighted by atomic mass is 35.5. The van der Waals surface area contributed by atoms with Gasteiger partial charge in [0.25, 0.3) is 0 Å². The van der Waals surface area contributed by atoms with E-state index in [1.54, 1.807) is 7.11 Å². The van der Waals surface area contributed by atoms with Crippen molar-refractivity contribution in [1.29, 1.82) is 0 Å². The molecule has 1 saturated carbocycles. The summed E-state index contributed by atoms with van der Waals surface area (Å²) in [6.07, 6.45) is 7.23. The number of likely N-dealkylation sites (tertiary alicyclic amines) is 1. The molecule has 2 rings (SSSR count). The third-order valence-corrected chi connectivity index (χ3v) is 4.98.